The van der Waals surface area contributed by atoms with Gasteiger partial charge in [0.2, 0.25) is 0 Å². The molecule has 2 aromatic heterocycles. The van der Waals surface area contributed by atoms with Gasteiger partial charge in [-0.1, -0.05) is 23.9 Å². The standard InChI is InChI=1S/C22H18N2O2S2/c25-15-4-1-13(2-5-15)14-3-10-18-19(11-14)28-22-20(18)21(23-12-24-22)27-17-8-6-16(26)7-9-17/h1-2,4-9,12,14,25-26H,3,10-11H2. The second kappa shape index (κ2) is 7.11. The Labute approximate surface area is 170 Å². The van der Waals surface area contributed by atoms with E-state index in [4.69, 9.17) is 0 Å². The van der Waals surface area contributed by atoms with Crippen LogP contribution in [0, 0.1) is 0 Å². The fourth-order valence-corrected chi connectivity index (χ4v) is 6.06. The van der Waals surface area contributed by atoms with E-state index in [-0.39, 0.29) is 5.75 Å². The molecule has 2 aromatic carbocycles. The van der Waals surface area contributed by atoms with Crippen LogP contribution in [0.15, 0.2) is 64.8 Å². The molecule has 5 rings (SSSR count). The summed E-state index contributed by atoms with van der Waals surface area (Å²) in [4.78, 5) is 12.6. The molecule has 0 fully saturated rings. The largest absolute Gasteiger partial charge is 0.508 e. The van der Waals surface area contributed by atoms with Crippen LogP contribution in [0.3, 0.4) is 0 Å². The first-order valence-electron chi connectivity index (χ1n) is 9.18. The Morgan fingerprint density at radius 3 is 2.39 bits per heavy atom. The quantitative estimate of drug-likeness (QED) is 0.438. The topological polar surface area (TPSA) is 66.2 Å². The summed E-state index contributed by atoms with van der Waals surface area (Å²) in [6.45, 7) is 0. The molecule has 4 nitrogen and oxygen atoms in total. The minimum Gasteiger partial charge on any atom is -0.508 e. The zero-order valence-electron chi connectivity index (χ0n) is 15.0. The Kier molecular flexibility index (Phi) is 4.45. The minimum absolute atomic E-state index is 0.269. The molecule has 0 radical (unpaired) electrons. The number of aromatic hydroxyl groups is 2. The van der Waals surface area contributed by atoms with Gasteiger partial charge in [0.1, 0.15) is 27.7 Å². The summed E-state index contributed by atoms with van der Waals surface area (Å²) in [5, 5.41) is 21.2. The van der Waals surface area contributed by atoms with Gasteiger partial charge in [0.25, 0.3) is 0 Å². The van der Waals surface area contributed by atoms with Crippen LogP contribution in [-0.4, -0.2) is 20.2 Å². The molecular weight excluding hydrogens is 388 g/mol. The van der Waals surface area contributed by atoms with Crippen molar-refractivity contribution < 1.29 is 10.2 Å². The van der Waals surface area contributed by atoms with Crippen molar-refractivity contribution in [2.45, 2.75) is 35.1 Å². The summed E-state index contributed by atoms with van der Waals surface area (Å²) in [6.07, 6.45) is 4.74. The van der Waals surface area contributed by atoms with Crippen LogP contribution in [0.1, 0.15) is 28.3 Å². The summed E-state index contributed by atoms with van der Waals surface area (Å²) in [5.41, 5.74) is 2.67. The summed E-state index contributed by atoms with van der Waals surface area (Å²) in [5.74, 6) is 1.06. The molecule has 0 saturated heterocycles. The average molecular weight is 407 g/mol. The van der Waals surface area contributed by atoms with Crippen molar-refractivity contribution in [3.8, 4) is 11.5 Å². The highest BCUT2D eigenvalue weighted by atomic mass is 32.2. The highest BCUT2D eigenvalue weighted by Crippen LogP contribution is 2.44. The molecule has 4 aromatic rings. The van der Waals surface area contributed by atoms with Crippen LogP contribution < -0.4 is 0 Å². The summed E-state index contributed by atoms with van der Waals surface area (Å²) in [7, 11) is 0. The van der Waals surface area contributed by atoms with E-state index in [0.29, 0.717) is 11.7 Å². The van der Waals surface area contributed by atoms with Crippen molar-refractivity contribution in [1.82, 2.24) is 9.97 Å². The van der Waals surface area contributed by atoms with E-state index >= 15 is 0 Å². The molecule has 1 unspecified atom stereocenters. The van der Waals surface area contributed by atoms with Crippen LogP contribution in [0.2, 0.25) is 0 Å². The van der Waals surface area contributed by atoms with E-state index in [2.05, 4.69) is 9.97 Å². The fraction of sp³-hybridized carbons (Fsp3) is 0.182. The number of rotatable bonds is 3. The second-order valence-electron chi connectivity index (χ2n) is 6.99. The Balaban J connectivity index is 1.49. The maximum Gasteiger partial charge on any atom is 0.128 e. The Morgan fingerprint density at radius 1 is 0.929 bits per heavy atom. The number of phenols is 2. The molecule has 2 heterocycles. The number of hydrogen-bond donors (Lipinski definition) is 2. The highest BCUT2D eigenvalue weighted by Gasteiger charge is 2.26. The molecule has 0 spiro atoms. The normalized spacial score (nSPS) is 16.2. The van der Waals surface area contributed by atoms with Crippen LogP contribution in [-0.2, 0) is 12.8 Å². The van der Waals surface area contributed by atoms with Gasteiger partial charge in [-0.2, -0.15) is 0 Å². The summed E-state index contributed by atoms with van der Waals surface area (Å²) >= 11 is 3.39. The third-order valence-corrected chi connectivity index (χ3v) is 7.40. The molecule has 1 atom stereocenters. The Hall–Kier alpha value is -2.57. The van der Waals surface area contributed by atoms with E-state index in [0.717, 1.165) is 34.0 Å². The number of thiophene rings is 1. The molecule has 0 aliphatic heterocycles. The van der Waals surface area contributed by atoms with Gasteiger partial charge in [0.05, 0.1) is 0 Å². The van der Waals surface area contributed by atoms with Crippen molar-refractivity contribution in [3.63, 3.8) is 0 Å². The van der Waals surface area contributed by atoms with Crippen LogP contribution >= 0.6 is 23.1 Å². The Bertz CT molecular complexity index is 1140. The number of hydrogen-bond acceptors (Lipinski definition) is 6. The predicted molar refractivity (Wildman–Crippen MR) is 113 cm³/mol. The lowest BCUT2D eigenvalue weighted by Crippen LogP contribution is -2.10. The molecule has 1 aliphatic rings. The van der Waals surface area contributed by atoms with Crippen LogP contribution in [0.25, 0.3) is 10.2 Å². The van der Waals surface area contributed by atoms with Gasteiger partial charge in [-0.15, -0.1) is 11.3 Å². The molecule has 2 N–H and O–H groups in total. The van der Waals surface area contributed by atoms with Crippen molar-refractivity contribution in [2.75, 3.05) is 0 Å². The molecule has 6 heteroatoms. The number of phenolic OH excluding ortho intramolecular Hbond substituents is 2. The van der Waals surface area contributed by atoms with Gasteiger partial charge in [-0.25, -0.2) is 9.97 Å². The van der Waals surface area contributed by atoms with Crippen LogP contribution in [0.5, 0.6) is 11.5 Å². The lowest BCUT2D eigenvalue weighted by Gasteiger charge is -2.22. The average Bonchev–Trinajstić information content (AvgIpc) is 3.09. The first-order chi connectivity index (χ1) is 13.7. The molecule has 0 bridgehead atoms. The molecule has 0 amide bonds. The highest BCUT2D eigenvalue weighted by molar-refractivity contribution is 7.99. The van der Waals surface area contributed by atoms with E-state index in [1.165, 1.54) is 21.4 Å². The van der Waals surface area contributed by atoms with Gasteiger partial charge in [0, 0.05) is 15.2 Å². The lowest BCUT2D eigenvalue weighted by molar-refractivity contribution is 0.474. The van der Waals surface area contributed by atoms with Gasteiger partial charge in [0.15, 0.2) is 0 Å². The van der Waals surface area contributed by atoms with Crippen molar-refractivity contribution in [2.24, 2.45) is 0 Å². The van der Waals surface area contributed by atoms with Gasteiger partial charge in [-0.3, -0.25) is 0 Å². The summed E-state index contributed by atoms with van der Waals surface area (Å²) in [6, 6.07) is 14.8. The zero-order valence-corrected chi connectivity index (χ0v) is 16.6. The zero-order chi connectivity index (χ0) is 19.1. The second-order valence-corrected chi connectivity index (χ2v) is 9.14. The molecular formula is C22H18N2O2S2. The monoisotopic (exact) mass is 406 g/mol. The molecule has 140 valence electrons. The Morgan fingerprint density at radius 2 is 1.64 bits per heavy atom. The molecule has 28 heavy (non-hydrogen) atoms. The lowest BCUT2D eigenvalue weighted by atomic mass is 9.83. The number of aryl methyl sites for hydroxylation is 1. The van der Waals surface area contributed by atoms with E-state index in [1.54, 1.807) is 53.7 Å². The first kappa shape index (κ1) is 17.5. The van der Waals surface area contributed by atoms with Gasteiger partial charge >= 0.3 is 0 Å². The summed E-state index contributed by atoms with van der Waals surface area (Å²) < 4.78 is 0. The van der Waals surface area contributed by atoms with Crippen molar-refractivity contribution in [3.05, 3.63) is 70.9 Å². The maximum absolute atomic E-state index is 9.55. The van der Waals surface area contributed by atoms with Crippen LogP contribution in [0.4, 0.5) is 0 Å². The SMILES string of the molecule is Oc1ccc(Sc2ncnc3sc4c(c23)CCC(c2ccc(O)cc2)C4)cc1. The first-order valence-corrected chi connectivity index (χ1v) is 10.8. The minimum atomic E-state index is 0.269. The third kappa shape index (κ3) is 3.23. The smallest absolute Gasteiger partial charge is 0.128 e. The fourth-order valence-electron chi connectivity index (χ4n) is 3.82. The molecule has 1 aliphatic carbocycles. The van der Waals surface area contributed by atoms with E-state index in [9.17, 15) is 10.2 Å². The van der Waals surface area contributed by atoms with E-state index < -0.39 is 0 Å². The predicted octanol–water partition coefficient (Wildman–Crippen LogP) is 5.53. The number of benzene rings is 2. The van der Waals surface area contributed by atoms with Gasteiger partial charge < -0.3 is 10.2 Å². The molecule has 0 saturated carbocycles. The maximum atomic E-state index is 9.55. The van der Waals surface area contributed by atoms with Crippen molar-refractivity contribution in [1.29, 1.82) is 0 Å². The number of aromatic nitrogens is 2. The number of nitrogens with zero attached hydrogens (tertiary/aromatic N) is 2. The number of fused-ring (bicyclic) bond motifs is 3. The third-order valence-electron chi connectivity index (χ3n) is 5.23. The van der Waals surface area contributed by atoms with Gasteiger partial charge in [-0.05, 0) is 72.7 Å². The van der Waals surface area contributed by atoms with E-state index in [1.807, 2.05) is 24.3 Å². The van der Waals surface area contributed by atoms with Crippen molar-refractivity contribution >= 4 is 33.3 Å².